The van der Waals surface area contributed by atoms with Crippen molar-refractivity contribution in [3.63, 3.8) is 0 Å². The van der Waals surface area contributed by atoms with Gasteiger partial charge in [-0.1, -0.05) is 20.8 Å². The van der Waals surface area contributed by atoms with Crippen LogP contribution in [0.1, 0.15) is 78.6 Å². The van der Waals surface area contributed by atoms with Gasteiger partial charge in [-0.3, -0.25) is 4.18 Å². The molecule has 4 rings (SSSR count). The number of hydrogen-bond acceptors (Lipinski definition) is 8. The summed E-state index contributed by atoms with van der Waals surface area (Å²) in [6.45, 7) is 6.41. The van der Waals surface area contributed by atoms with E-state index in [-0.39, 0.29) is 112 Å². The maximum absolute atomic E-state index is 11.5. The number of aliphatic carboxylic acids is 1. The summed E-state index contributed by atoms with van der Waals surface area (Å²) < 4.78 is 38.1. The molecule has 0 radical (unpaired) electrons. The number of hydrogen-bond donors (Lipinski definition) is 2. The fraction of sp³-hybridized carbons (Fsp3) is 0.958. The van der Waals surface area contributed by atoms with E-state index >= 15 is 0 Å². The number of fused-ring (bicyclic) bond motifs is 5. The van der Waals surface area contributed by atoms with Gasteiger partial charge in [-0.15, -0.1) is 0 Å². The van der Waals surface area contributed by atoms with Gasteiger partial charge in [0.1, 0.15) is 0 Å². The molecule has 0 amide bonds. The van der Waals surface area contributed by atoms with Gasteiger partial charge in [-0.2, -0.15) is 0 Å². The maximum Gasteiger partial charge on any atom is 1.00 e. The molecule has 0 aliphatic heterocycles. The van der Waals surface area contributed by atoms with Gasteiger partial charge in [0.2, 0.25) is 10.4 Å². The molecule has 4 saturated carbocycles. The number of carboxylic acids is 1. The van der Waals surface area contributed by atoms with Crippen LogP contribution in [-0.4, -0.2) is 47.5 Å². The zero-order valence-electron chi connectivity index (χ0n) is 21.8. The largest absolute Gasteiger partial charge is 1.00 e. The monoisotopic (exact) mass is 532 g/mol. The molecule has 4 aliphatic carbocycles. The van der Waals surface area contributed by atoms with E-state index in [2.05, 4.69) is 20.8 Å². The van der Waals surface area contributed by atoms with Crippen LogP contribution < -0.4 is 64.2 Å². The topological polar surface area (TPSA) is 147 Å². The van der Waals surface area contributed by atoms with Crippen LogP contribution in [0.5, 0.6) is 0 Å². The molecule has 0 aromatic heterocycles. The minimum atomic E-state index is -4.76. The summed E-state index contributed by atoms with van der Waals surface area (Å²) in [6, 6.07) is 0. The fourth-order valence-corrected chi connectivity index (χ4v) is 9.42. The molecule has 0 aromatic rings. The van der Waals surface area contributed by atoms with Crippen LogP contribution in [0.3, 0.4) is 0 Å². The van der Waals surface area contributed by atoms with Gasteiger partial charge in [0.05, 0.1) is 18.3 Å². The number of rotatable bonds is 6. The van der Waals surface area contributed by atoms with Crippen molar-refractivity contribution in [1.82, 2.24) is 0 Å². The van der Waals surface area contributed by atoms with E-state index in [1.807, 2.05) is 0 Å². The van der Waals surface area contributed by atoms with E-state index in [1.165, 1.54) is 0 Å². The van der Waals surface area contributed by atoms with Crippen LogP contribution in [0.25, 0.3) is 0 Å². The molecular formula is C24H38Na2O8S. The van der Waals surface area contributed by atoms with Crippen LogP contribution >= 0.6 is 0 Å². The fourth-order valence-electron chi connectivity index (χ4n) is 8.92. The smallest absolute Gasteiger partial charge is 0.726 e. The first-order valence-electron chi connectivity index (χ1n) is 12.5. The third-order valence-corrected chi connectivity index (χ3v) is 11.1. The predicted molar refractivity (Wildman–Crippen MR) is 116 cm³/mol. The van der Waals surface area contributed by atoms with E-state index in [1.54, 1.807) is 0 Å². The summed E-state index contributed by atoms with van der Waals surface area (Å²) in [6.07, 6.45) is 3.38. The van der Waals surface area contributed by atoms with Crippen LogP contribution in [0.4, 0.5) is 0 Å². The second kappa shape index (κ2) is 11.8. The first kappa shape index (κ1) is 32.5. The molecule has 2 N–H and O–H groups in total. The summed E-state index contributed by atoms with van der Waals surface area (Å²) in [7, 11) is -4.76. The van der Waals surface area contributed by atoms with Crippen LogP contribution in [0.2, 0.25) is 0 Å². The first-order valence-corrected chi connectivity index (χ1v) is 13.8. The average Bonchev–Trinajstić information content (AvgIpc) is 3.05. The number of carboxylic acid groups (broad SMARTS) is 1. The van der Waals surface area contributed by atoms with E-state index in [0.29, 0.717) is 38.5 Å². The Bertz CT molecular complexity index is 872. The van der Waals surface area contributed by atoms with Crippen molar-refractivity contribution in [2.75, 3.05) is 0 Å². The van der Waals surface area contributed by atoms with Crippen molar-refractivity contribution in [2.24, 2.45) is 46.3 Å². The zero-order chi connectivity index (χ0) is 24.3. The molecular weight excluding hydrogens is 494 g/mol. The van der Waals surface area contributed by atoms with Gasteiger partial charge in [0.15, 0.2) is 0 Å². The Morgan fingerprint density at radius 2 is 1.74 bits per heavy atom. The number of carbonyl (C=O) groups is 1. The van der Waals surface area contributed by atoms with Gasteiger partial charge < -0.3 is 24.7 Å². The van der Waals surface area contributed by atoms with E-state index in [4.69, 9.17) is 4.18 Å². The predicted octanol–water partition coefficient (Wildman–Crippen LogP) is -4.39. The average molecular weight is 533 g/mol. The van der Waals surface area contributed by atoms with Crippen LogP contribution in [0.15, 0.2) is 0 Å². The van der Waals surface area contributed by atoms with Gasteiger partial charge in [0.25, 0.3) is 0 Å². The Hall–Kier alpha value is 1.26. The summed E-state index contributed by atoms with van der Waals surface area (Å²) in [5.41, 5.74) is -0.523. The van der Waals surface area contributed by atoms with E-state index < -0.39 is 34.7 Å². The maximum atomic E-state index is 11.5. The molecule has 11 heteroatoms. The van der Waals surface area contributed by atoms with Crippen LogP contribution in [0, 0.1) is 46.3 Å². The van der Waals surface area contributed by atoms with Crippen molar-refractivity contribution >= 4 is 16.4 Å². The molecule has 190 valence electrons. The number of aliphatic hydroxyl groups excluding tert-OH is 2. The molecule has 4 fully saturated rings. The molecule has 0 saturated heterocycles. The van der Waals surface area contributed by atoms with Gasteiger partial charge in [0, 0.05) is 5.97 Å². The van der Waals surface area contributed by atoms with Gasteiger partial charge >= 0.3 is 59.1 Å². The summed E-state index contributed by atoms with van der Waals surface area (Å²) in [5.74, 6) is -0.343. The molecule has 8 nitrogen and oxygen atoms in total. The van der Waals surface area contributed by atoms with E-state index in [0.717, 1.165) is 12.8 Å². The van der Waals surface area contributed by atoms with Crippen molar-refractivity contribution in [2.45, 2.75) is 96.9 Å². The molecule has 0 heterocycles. The molecule has 35 heavy (non-hydrogen) atoms. The molecule has 4 unspecified atom stereocenters. The van der Waals surface area contributed by atoms with Crippen molar-refractivity contribution in [1.29, 1.82) is 0 Å². The third-order valence-electron chi connectivity index (χ3n) is 10.6. The minimum Gasteiger partial charge on any atom is -0.726 e. The standard InChI is InChI=1S/C24H40O8S.2Na/c1-13(4-7-21(27)28)16-5-6-17-22-18(12-20(26)24(16,17)3)23(2)9-8-15(32-33(29,30)31)10-14(23)11-19(22)25;;/h13-20,22,25-26H,4-12H2,1-3H3,(H,27,28)(H,29,30,31);;/q;2*+1/p-2/t13-,14?,15-,16-,17?,18?,19-,20+,22?,23+,24-;;/m1../s1. The Kier molecular flexibility index (Phi) is 10.9. The Balaban J connectivity index is 0.00000216. The SMILES string of the molecule is C[C@H](CCC(=O)[O-])[C@H]1CCC2C3C(C[C@H](O)[C@@]21C)[C@@]1(C)CC[C@@H](OS(=O)(=O)[O-])CC1C[C@H]3O.[Na+].[Na+]. The van der Waals surface area contributed by atoms with Crippen molar-refractivity contribution in [3.8, 4) is 0 Å². The Labute approximate surface area is 253 Å². The third kappa shape index (κ3) is 6.06. The minimum absolute atomic E-state index is 0. The van der Waals surface area contributed by atoms with Crippen molar-refractivity contribution in [3.05, 3.63) is 0 Å². The second-order valence-corrected chi connectivity index (χ2v) is 12.9. The van der Waals surface area contributed by atoms with E-state index in [9.17, 15) is 33.1 Å². The summed E-state index contributed by atoms with van der Waals surface area (Å²) in [5, 5.41) is 33.8. The number of aliphatic hydroxyl groups is 2. The Morgan fingerprint density at radius 3 is 2.34 bits per heavy atom. The van der Waals surface area contributed by atoms with Gasteiger partial charge in [-0.05, 0) is 104 Å². The van der Waals surface area contributed by atoms with Gasteiger partial charge in [-0.25, -0.2) is 8.42 Å². The van der Waals surface area contributed by atoms with Crippen LogP contribution in [-0.2, 0) is 19.4 Å². The second-order valence-electron chi connectivity index (χ2n) is 11.9. The molecule has 4 aliphatic rings. The zero-order valence-corrected chi connectivity index (χ0v) is 26.6. The summed E-state index contributed by atoms with van der Waals surface area (Å²) in [4.78, 5) is 11.0. The summed E-state index contributed by atoms with van der Waals surface area (Å²) >= 11 is 0. The first-order chi connectivity index (χ1) is 15.3. The molecule has 0 aromatic carbocycles. The molecule has 0 spiro atoms. The molecule has 0 bridgehead atoms. The quantitative estimate of drug-likeness (QED) is 0.198. The number of carbonyl (C=O) groups excluding carboxylic acids is 1. The van der Waals surface area contributed by atoms with Crippen molar-refractivity contribution < 1.29 is 96.4 Å². The molecule has 11 atom stereocenters. The normalized spacial score (nSPS) is 45.7. The Morgan fingerprint density at radius 1 is 1.09 bits per heavy atom.